The van der Waals surface area contributed by atoms with E-state index in [1.165, 1.54) is 0 Å². The fraction of sp³-hybridized carbons (Fsp3) is 0.452. The van der Waals surface area contributed by atoms with Crippen LogP contribution in [0.25, 0.3) is 10.8 Å². The topological polar surface area (TPSA) is 82.5 Å². The third-order valence-electron chi connectivity index (χ3n) is 8.22. The van der Waals surface area contributed by atoms with Gasteiger partial charge in [-0.25, -0.2) is 9.78 Å². The van der Waals surface area contributed by atoms with Crippen molar-refractivity contribution in [1.82, 2.24) is 9.88 Å². The van der Waals surface area contributed by atoms with Crippen LogP contribution in [0.2, 0.25) is 0 Å². The van der Waals surface area contributed by atoms with Crippen molar-refractivity contribution in [2.45, 2.75) is 71.0 Å². The Morgan fingerprint density at radius 2 is 1.59 bits per heavy atom. The van der Waals surface area contributed by atoms with Gasteiger partial charge in [-0.1, -0.05) is 94.6 Å². The number of likely N-dealkylation sites (tertiary alicyclic amines) is 1. The van der Waals surface area contributed by atoms with Gasteiger partial charge in [-0.3, -0.25) is 4.79 Å². The number of hydrogen-bond donors (Lipinski definition) is 2. The molecule has 3 aromatic rings. The van der Waals surface area contributed by atoms with Gasteiger partial charge in [0.2, 0.25) is 5.91 Å². The van der Waals surface area contributed by atoms with Crippen LogP contribution in [-0.4, -0.2) is 39.0 Å². The molecular formula is C31H37N3O3. The summed E-state index contributed by atoms with van der Waals surface area (Å²) >= 11 is 0. The fourth-order valence-corrected chi connectivity index (χ4v) is 6.55. The molecule has 194 valence electrons. The van der Waals surface area contributed by atoms with E-state index in [2.05, 4.69) is 31.1 Å². The lowest BCUT2D eigenvalue weighted by molar-refractivity contribution is -0.154. The minimum Gasteiger partial charge on any atom is -0.480 e. The van der Waals surface area contributed by atoms with Crippen molar-refractivity contribution in [1.29, 1.82) is 0 Å². The van der Waals surface area contributed by atoms with E-state index in [1.54, 1.807) is 4.90 Å². The second-order valence-electron chi connectivity index (χ2n) is 11.7. The Kier molecular flexibility index (Phi) is 6.93. The van der Waals surface area contributed by atoms with Crippen LogP contribution in [0.1, 0.15) is 64.5 Å². The predicted octanol–water partition coefficient (Wildman–Crippen LogP) is 6.29. The quantitative estimate of drug-likeness (QED) is 0.431. The normalized spacial score (nSPS) is 24.8. The second kappa shape index (κ2) is 10.2. The number of aromatic nitrogens is 1. The third kappa shape index (κ3) is 4.94. The molecule has 2 aromatic carbocycles. The van der Waals surface area contributed by atoms with E-state index >= 15 is 0 Å². The summed E-state index contributed by atoms with van der Waals surface area (Å²) in [4.78, 5) is 33.5. The van der Waals surface area contributed by atoms with Gasteiger partial charge in [0.25, 0.3) is 0 Å². The first-order chi connectivity index (χ1) is 17.8. The van der Waals surface area contributed by atoms with Crippen LogP contribution in [0.3, 0.4) is 0 Å². The molecule has 37 heavy (non-hydrogen) atoms. The number of carbonyl (C=O) groups excluding carboxylic acids is 1. The molecule has 2 heterocycles. The summed E-state index contributed by atoms with van der Waals surface area (Å²) in [5.74, 6) is -0.738. The van der Waals surface area contributed by atoms with E-state index < -0.39 is 18.1 Å². The molecule has 1 aliphatic heterocycles. The maximum atomic E-state index is 14.2. The molecule has 2 N–H and O–H groups in total. The third-order valence-corrected chi connectivity index (χ3v) is 8.22. The molecule has 1 saturated heterocycles. The molecule has 1 aliphatic carbocycles. The number of amides is 1. The van der Waals surface area contributed by atoms with Crippen molar-refractivity contribution in [3.8, 4) is 0 Å². The van der Waals surface area contributed by atoms with Crippen molar-refractivity contribution in [3.05, 3.63) is 72.4 Å². The van der Waals surface area contributed by atoms with E-state index in [0.717, 1.165) is 48.4 Å². The molecule has 5 rings (SSSR count). The van der Waals surface area contributed by atoms with E-state index in [-0.39, 0.29) is 29.2 Å². The van der Waals surface area contributed by atoms with Gasteiger partial charge in [-0.2, -0.15) is 0 Å². The van der Waals surface area contributed by atoms with Crippen molar-refractivity contribution in [3.63, 3.8) is 0 Å². The molecule has 0 bridgehead atoms. The Balaban J connectivity index is 1.64. The number of carboxylic acids is 1. The lowest BCUT2D eigenvalue weighted by Gasteiger charge is -2.36. The SMILES string of the molecule is CC(C)(C)[C@H]1[C@H](Nc2cc3ccccc3cn2)[C@H](c2ccccc2)N(C(=O)C2CCCCC2)[C@@H]1C(=O)O. The van der Waals surface area contributed by atoms with Crippen LogP contribution >= 0.6 is 0 Å². The fourth-order valence-electron chi connectivity index (χ4n) is 6.55. The van der Waals surface area contributed by atoms with Crippen LogP contribution in [-0.2, 0) is 9.59 Å². The summed E-state index contributed by atoms with van der Waals surface area (Å²) < 4.78 is 0. The molecule has 2 fully saturated rings. The highest BCUT2D eigenvalue weighted by Gasteiger charge is 2.58. The van der Waals surface area contributed by atoms with Gasteiger partial charge in [0.1, 0.15) is 11.9 Å². The van der Waals surface area contributed by atoms with Crippen LogP contribution in [0.4, 0.5) is 5.82 Å². The monoisotopic (exact) mass is 499 g/mol. The molecule has 6 heteroatoms. The van der Waals surface area contributed by atoms with E-state index in [9.17, 15) is 14.7 Å². The van der Waals surface area contributed by atoms with Gasteiger partial charge >= 0.3 is 5.97 Å². The maximum absolute atomic E-state index is 14.2. The zero-order chi connectivity index (χ0) is 26.2. The number of fused-ring (bicyclic) bond motifs is 1. The number of benzene rings is 2. The van der Waals surface area contributed by atoms with Gasteiger partial charge in [-0.05, 0) is 35.3 Å². The standard InChI is InChI=1S/C31H37N3O3/c1-31(2,3)25-26(33-24-18-22-16-10-11-17-23(22)19-32-24)27(20-12-6-4-7-13-20)34(28(25)30(36)37)29(35)21-14-8-5-9-15-21/h4,6-7,10-13,16-19,21,25-28H,5,8-9,14-15H2,1-3H3,(H,32,33)(H,36,37)/t25-,26-,27-,28-/m0/s1. The molecular weight excluding hydrogens is 462 g/mol. The number of aliphatic carboxylic acids is 1. The van der Waals surface area contributed by atoms with Crippen LogP contribution in [0, 0.1) is 17.3 Å². The Hall–Kier alpha value is -3.41. The highest BCUT2D eigenvalue weighted by molar-refractivity contribution is 5.88. The van der Waals surface area contributed by atoms with Crippen molar-refractivity contribution < 1.29 is 14.7 Å². The minimum absolute atomic E-state index is 0.0222. The largest absolute Gasteiger partial charge is 0.480 e. The zero-order valence-electron chi connectivity index (χ0n) is 21.9. The molecule has 4 atom stereocenters. The first kappa shape index (κ1) is 25.2. The summed E-state index contributed by atoms with van der Waals surface area (Å²) in [5, 5.41) is 16.4. The van der Waals surface area contributed by atoms with Crippen molar-refractivity contribution in [2.24, 2.45) is 17.3 Å². The molecule has 0 unspecified atom stereocenters. The number of anilines is 1. The average Bonchev–Trinajstić information content (AvgIpc) is 3.25. The van der Waals surface area contributed by atoms with Crippen LogP contribution in [0.5, 0.6) is 0 Å². The van der Waals surface area contributed by atoms with E-state index in [4.69, 9.17) is 0 Å². The van der Waals surface area contributed by atoms with Crippen LogP contribution in [0.15, 0.2) is 66.9 Å². The number of nitrogens with zero attached hydrogens (tertiary/aromatic N) is 2. The Morgan fingerprint density at radius 1 is 0.946 bits per heavy atom. The molecule has 0 radical (unpaired) electrons. The Bertz CT molecular complexity index is 1260. The number of pyridine rings is 1. The second-order valence-corrected chi connectivity index (χ2v) is 11.7. The molecule has 1 aromatic heterocycles. The summed E-state index contributed by atoms with van der Waals surface area (Å²) in [6.07, 6.45) is 6.67. The van der Waals surface area contributed by atoms with Crippen molar-refractivity contribution in [2.75, 3.05) is 5.32 Å². The number of rotatable bonds is 5. The minimum atomic E-state index is -0.944. The number of nitrogens with one attached hydrogen (secondary N) is 1. The highest BCUT2D eigenvalue weighted by atomic mass is 16.4. The van der Waals surface area contributed by atoms with E-state index in [1.807, 2.05) is 66.9 Å². The van der Waals surface area contributed by atoms with Crippen LogP contribution < -0.4 is 5.32 Å². The number of hydrogen-bond acceptors (Lipinski definition) is 4. The Labute approximate surface area is 219 Å². The van der Waals surface area contributed by atoms with Gasteiger partial charge in [0.05, 0.1) is 12.1 Å². The first-order valence-corrected chi connectivity index (χ1v) is 13.5. The lowest BCUT2D eigenvalue weighted by Crippen LogP contribution is -2.49. The summed E-state index contributed by atoms with van der Waals surface area (Å²) in [6, 6.07) is 18.3. The average molecular weight is 500 g/mol. The highest BCUT2D eigenvalue weighted by Crippen LogP contribution is 2.50. The van der Waals surface area contributed by atoms with Gasteiger partial charge in [0.15, 0.2) is 0 Å². The summed E-state index contributed by atoms with van der Waals surface area (Å²) in [7, 11) is 0. The maximum Gasteiger partial charge on any atom is 0.326 e. The van der Waals surface area contributed by atoms with Crippen molar-refractivity contribution >= 4 is 28.5 Å². The summed E-state index contributed by atoms with van der Waals surface area (Å²) in [6.45, 7) is 6.23. The number of carboxylic acid groups (broad SMARTS) is 1. The lowest BCUT2D eigenvalue weighted by atomic mass is 9.72. The first-order valence-electron chi connectivity index (χ1n) is 13.5. The number of carbonyl (C=O) groups is 2. The smallest absolute Gasteiger partial charge is 0.326 e. The van der Waals surface area contributed by atoms with Gasteiger partial charge in [0, 0.05) is 23.4 Å². The molecule has 6 nitrogen and oxygen atoms in total. The molecule has 2 aliphatic rings. The molecule has 1 amide bonds. The van der Waals surface area contributed by atoms with E-state index in [0.29, 0.717) is 5.82 Å². The summed E-state index contributed by atoms with van der Waals surface area (Å²) in [5.41, 5.74) is 0.564. The van der Waals surface area contributed by atoms with Gasteiger partial charge in [-0.15, -0.1) is 0 Å². The molecule has 1 saturated carbocycles. The predicted molar refractivity (Wildman–Crippen MR) is 146 cm³/mol. The Morgan fingerprint density at radius 3 is 2.24 bits per heavy atom. The van der Waals surface area contributed by atoms with Gasteiger partial charge < -0.3 is 15.3 Å². The zero-order valence-corrected chi connectivity index (χ0v) is 21.9. The molecule has 0 spiro atoms.